The molecule has 0 amide bonds. The Morgan fingerprint density at radius 3 is 2.12 bits per heavy atom. The Morgan fingerprint density at radius 1 is 1.12 bits per heavy atom. The fourth-order valence-electron chi connectivity index (χ4n) is 0.553. The fraction of sp³-hybridized carbons (Fsp3) is 0.143. The average Bonchev–Trinajstić information content (AvgIpc) is 1.90. The molecule has 0 saturated carbocycles. The van der Waals surface area contributed by atoms with Crippen molar-refractivity contribution >= 4 is 0 Å². The van der Waals surface area contributed by atoms with Crippen LogP contribution in [0.2, 0.25) is 0 Å². The van der Waals surface area contributed by atoms with Crippen LogP contribution in [0.25, 0.3) is 0 Å². The van der Waals surface area contributed by atoms with E-state index in [9.17, 15) is 0 Å². The quantitative estimate of drug-likeness (QED) is 0.534. The topological polar surface area (TPSA) is 0 Å². The number of hydrogen-bond donors (Lipinski definition) is 0. The van der Waals surface area contributed by atoms with E-state index < -0.39 is 0 Å². The summed E-state index contributed by atoms with van der Waals surface area (Å²) in [6.45, 7) is 0. The van der Waals surface area contributed by atoms with Crippen molar-refractivity contribution in [2.24, 2.45) is 0 Å². The molecular formula is C7H7Ni. The van der Waals surface area contributed by atoms with E-state index in [1.807, 2.05) is 30.3 Å². The molecule has 0 aromatic heterocycles. The van der Waals surface area contributed by atoms with E-state index in [1.54, 1.807) is 0 Å². The van der Waals surface area contributed by atoms with Crippen LogP contribution in [0, 0.1) is 0 Å². The number of hydrogen-bond acceptors (Lipinski definition) is 0. The standard InChI is InChI=1S/C7H7.Ni/c1-7-5-3-2-4-6-7;/h2-6H,1H2;. The van der Waals surface area contributed by atoms with E-state index in [1.165, 1.54) is 5.56 Å². The van der Waals surface area contributed by atoms with Gasteiger partial charge in [0.15, 0.2) is 0 Å². The van der Waals surface area contributed by atoms with Crippen molar-refractivity contribution in [1.29, 1.82) is 0 Å². The summed E-state index contributed by atoms with van der Waals surface area (Å²) < 4.78 is 0. The van der Waals surface area contributed by atoms with Crippen LogP contribution < -0.4 is 0 Å². The molecule has 45 valence electrons. The maximum absolute atomic E-state index is 4.55. The molecule has 1 rings (SSSR count). The molecule has 1 heteroatoms. The summed E-state index contributed by atoms with van der Waals surface area (Å²) in [6.07, 6.45) is 0. The third-order valence-corrected chi connectivity index (χ3v) is 1.38. The summed E-state index contributed by atoms with van der Waals surface area (Å²) in [5, 5.41) is 0.765. The Morgan fingerprint density at radius 2 is 1.75 bits per heavy atom. The van der Waals surface area contributed by atoms with Crippen molar-refractivity contribution in [2.75, 3.05) is 0 Å². The molecule has 0 heterocycles. The van der Waals surface area contributed by atoms with Crippen LogP contribution in [-0.2, 0) is 20.9 Å². The normalized spacial score (nSPS) is 9.25. The average molecular weight is 150 g/mol. The predicted octanol–water partition coefficient (Wildman–Crippen LogP) is 1.73. The SMILES string of the molecule is [Ni][CH2]c1ccccc1. The third kappa shape index (κ3) is 1.35. The number of benzene rings is 1. The van der Waals surface area contributed by atoms with Gasteiger partial charge in [-0.05, 0) is 0 Å². The fourth-order valence-corrected chi connectivity index (χ4v) is 0.785. The maximum atomic E-state index is 4.55. The molecule has 1 aromatic rings. The third-order valence-electron chi connectivity index (χ3n) is 0.972. The molecule has 1 aromatic carbocycles. The Balaban J connectivity index is 2.83. The molecule has 0 saturated heterocycles. The van der Waals surface area contributed by atoms with Gasteiger partial charge in [-0.3, -0.25) is 0 Å². The van der Waals surface area contributed by atoms with Gasteiger partial charge in [0.05, 0.1) is 0 Å². The van der Waals surface area contributed by atoms with Crippen molar-refractivity contribution in [2.45, 2.75) is 5.39 Å². The van der Waals surface area contributed by atoms with Crippen LogP contribution in [0.3, 0.4) is 0 Å². The summed E-state index contributed by atoms with van der Waals surface area (Å²) >= 11 is 4.55. The molecule has 0 nitrogen and oxygen atoms in total. The Kier molecular flexibility index (Phi) is 2.11. The first kappa shape index (κ1) is 5.84. The second kappa shape index (κ2) is 2.89. The molecule has 0 N–H and O–H groups in total. The van der Waals surface area contributed by atoms with Crippen LogP contribution in [0.15, 0.2) is 30.3 Å². The van der Waals surface area contributed by atoms with Crippen LogP contribution >= 0.6 is 0 Å². The first-order valence-corrected chi connectivity index (χ1v) is 3.19. The molecule has 8 heavy (non-hydrogen) atoms. The first-order chi connectivity index (χ1) is 3.93. The molecule has 0 fully saturated rings. The predicted molar refractivity (Wildman–Crippen MR) is 30.1 cm³/mol. The van der Waals surface area contributed by atoms with Crippen molar-refractivity contribution in [3.63, 3.8) is 0 Å². The van der Waals surface area contributed by atoms with E-state index in [0.717, 1.165) is 5.39 Å². The van der Waals surface area contributed by atoms with Gasteiger partial charge in [-0.2, -0.15) is 0 Å². The van der Waals surface area contributed by atoms with Crippen LogP contribution in [0.5, 0.6) is 0 Å². The van der Waals surface area contributed by atoms with Gasteiger partial charge in [-0.1, -0.05) is 0 Å². The van der Waals surface area contributed by atoms with E-state index >= 15 is 0 Å². The van der Waals surface area contributed by atoms with E-state index in [-0.39, 0.29) is 0 Å². The molecule has 0 unspecified atom stereocenters. The van der Waals surface area contributed by atoms with Gasteiger partial charge >= 0.3 is 56.8 Å². The van der Waals surface area contributed by atoms with E-state index in [4.69, 9.17) is 0 Å². The van der Waals surface area contributed by atoms with Crippen molar-refractivity contribution in [1.82, 2.24) is 0 Å². The molecule has 0 atom stereocenters. The summed E-state index contributed by atoms with van der Waals surface area (Å²) in [6, 6.07) is 10.1. The van der Waals surface area contributed by atoms with Crippen LogP contribution in [0.1, 0.15) is 5.56 Å². The van der Waals surface area contributed by atoms with E-state index in [0.29, 0.717) is 0 Å². The zero-order chi connectivity index (χ0) is 5.82. The monoisotopic (exact) mass is 149 g/mol. The Bertz CT molecular complexity index is 146. The molecule has 0 spiro atoms. The molecule has 0 aliphatic carbocycles. The summed E-state index contributed by atoms with van der Waals surface area (Å²) in [5.74, 6) is 0. The van der Waals surface area contributed by atoms with Gasteiger partial charge < -0.3 is 0 Å². The minimum absolute atomic E-state index is 0.765. The molecule has 0 aliphatic heterocycles. The van der Waals surface area contributed by atoms with Gasteiger partial charge in [0.2, 0.25) is 0 Å². The van der Waals surface area contributed by atoms with Crippen molar-refractivity contribution in [3.05, 3.63) is 35.9 Å². The Labute approximate surface area is 57.3 Å². The zero-order valence-corrected chi connectivity index (χ0v) is 5.40. The van der Waals surface area contributed by atoms with Crippen molar-refractivity contribution < 1.29 is 15.5 Å². The molecule has 0 radical (unpaired) electrons. The first-order valence-electron chi connectivity index (χ1n) is 2.49. The summed E-state index contributed by atoms with van der Waals surface area (Å²) in [7, 11) is 0. The summed E-state index contributed by atoms with van der Waals surface area (Å²) in [4.78, 5) is 0. The minimum atomic E-state index is 0.765. The molecule has 0 aliphatic rings. The van der Waals surface area contributed by atoms with Crippen LogP contribution in [0.4, 0.5) is 0 Å². The van der Waals surface area contributed by atoms with Gasteiger partial charge in [-0.15, -0.1) is 0 Å². The van der Waals surface area contributed by atoms with Crippen molar-refractivity contribution in [3.8, 4) is 0 Å². The van der Waals surface area contributed by atoms with Gasteiger partial charge in [-0.25, -0.2) is 0 Å². The Hall–Kier alpha value is -0.286. The zero-order valence-electron chi connectivity index (χ0n) is 4.41. The van der Waals surface area contributed by atoms with Gasteiger partial charge in [0.25, 0.3) is 0 Å². The summed E-state index contributed by atoms with van der Waals surface area (Å²) in [5.41, 5.74) is 1.24. The molecular weight excluding hydrogens is 143 g/mol. The van der Waals surface area contributed by atoms with Crippen LogP contribution in [-0.4, -0.2) is 0 Å². The van der Waals surface area contributed by atoms with Gasteiger partial charge in [0.1, 0.15) is 0 Å². The second-order valence-electron chi connectivity index (χ2n) is 1.60. The van der Waals surface area contributed by atoms with Gasteiger partial charge in [0, 0.05) is 0 Å². The molecule has 0 bridgehead atoms. The second-order valence-corrected chi connectivity index (χ2v) is 1.95. The van der Waals surface area contributed by atoms with E-state index in [2.05, 4.69) is 15.5 Å². The number of rotatable bonds is 1.